The summed E-state index contributed by atoms with van der Waals surface area (Å²) >= 11 is 0.802. The second-order valence-electron chi connectivity index (χ2n) is 4.99. The number of carboxylic acids is 2. The Morgan fingerprint density at radius 3 is 2.52 bits per heavy atom. The van der Waals surface area contributed by atoms with Gasteiger partial charge in [-0.3, -0.25) is 14.1 Å². The van der Waals surface area contributed by atoms with Crippen LogP contribution in [0.15, 0.2) is 10.6 Å². The smallest absolute Gasteiger partial charge is 0.397 e. The highest BCUT2D eigenvalue weighted by Crippen LogP contribution is 2.47. The summed E-state index contributed by atoms with van der Waals surface area (Å²) in [6.45, 7) is 1.27. The Morgan fingerprint density at radius 1 is 1.43 bits per heavy atom. The fourth-order valence-corrected chi connectivity index (χ4v) is 4.16. The summed E-state index contributed by atoms with van der Waals surface area (Å²) in [5.41, 5.74) is -0.290. The van der Waals surface area contributed by atoms with Gasteiger partial charge in [-0.2, -0.15) is 8.42 Å². The van der Waals surface area contributed by atoms with E-state index in [4.69, 9.17) is 9.66 Å². The van der Waals surface area contributed by atoms with Crippen molar-refractivity contribution < 1.29 is 41.8 Å². The summed E-state index contributed by atoms with van der Waals surface area (Å²) in [6.07, 6.45) is -1.08. The van der Waals surface area contributed by atoms with E-state index in [0.717, 1.165) is 16.7 Å². The van der Waals surface area contributed by atoms with E-state index >= 15 is 0 Å². The summed E-state index contributed by atoms with van der Waals surface area (Å²) in [7, 11) is -4.75. The monoisotopic (exact) mass is 367 g/mol. The van der Waals surface area contributed by atoms with E-state index in [2.05, 4.69) is 4.18 Å². The summed E-state index contributed by atoms with van der Waals surface area (Å²) in [4.78, 5) is 35.3. The van der Waals surface area contributed by atoms with Crippen molar-refractivity contribution in [3.63, 3.8) is 0 Å². The van der Waals surface area contributed by atoms with Crippen LogP contribution in [-0.4, -0.2) is 63.8 Å². The van der Waals surface area contributed by atoms with Crippen LogP contribution in [0.4, 0.5) is 0 Å². The number of β-lactam (4-membered cyclic amide) rings is 1. The van der Waals surface area contributed by atoms with Gasteiger partial charge in [0.15, 0.2) is 0 Å². The average molecular weight is 367 g/mol. The van der Waals surface area contributed by atoms with Gasteiger partial charge in [0.25, 0.3) is 0 Å². The number of amides is 1. The van der Waals surface area contributed by atoms with Gasteiger partial charge >= 0.3 is 22.3 Å². The molecule has 2 rings (SSSR count). The van der Waals surface area contributed by atoms with E-state index in [0.29, 0.717) is 0 Å². The third-order valence-corrected chi connectivity index (χ3v) is 5.17. The van der Waals surface area contributed by atoms with Crippen LogP contribution in [0.1, 0.15) is 13.3 Å². The first-order chi connectivity index (χ1) is 10.5. The lowest BCUT2D eigenvalue weighted by Crippen LogP contribution is -2.62. The number of carbonyl (C=O) groups is 3. The van der Waals surface area contributed by atoms with Gasteiger partial charge in [-0.15, -0.1) is 11.8 Å². The molecule has 0 unspecified atom stereocenters. The Labute approximate surface area is 135 Å². The molecule has 2 aliphatic heterocycles. The molecule has 0 saturated carbocycles. The number of carboxylic acid groups (broad SMARTS) is 2. The number of hydrogen-bond acceptors (Lipinski definition) is 7. The van der Waals surface area contributed by atoms with Crippen LogP contribution in [0.2, 0.25) is 0 Å². The van der Waals surface area contributed by atoms with Crippen molar-refractivity contribution in [2.75, 3.05) is 5.75 Å². The van der Waals surface area contributed by atoms with Crippen molar-refractivity contribution in [2.45, 2.75) is 25.5 Å². The molecule has 1 fully saturated rings. The number of rotatable bonds is 7. The molecule has 0 aromatic rings. The van der Waals surface area contributed by atoms with Crippen molar-refractivity contribution >= 4 is 40.0 Å². The second kappa shape index (κ2) is 6.11. The molecule has 23 heavy (non-hydrogen) atoms. The van der Waals surface area contributed by atoms with E-state index in [1.807, 2.05) is 0 Å². The zero-order chi connectivity index (χ0) is 17.5. The van der Waals surface area contributed by atoms with E-state index in [1.165, 1.54) is 6.92 Å². The first-order valence-electron chi connectivity index (χ1n) is 6.32. The first kappa shape index (κ1) is 17.7. The molecule has 3 N–H and O–H groups in total. The van der Waals surface area contributed by atoms with Gasteiger partial charge in [0.1, 0.15) is 5.70 Å². The SMILES string of the molecule is C[C@H](OS(=O)(=O)O)[C@@H]1C(=O)N2C(C(=O)O)=C(SCC(=O)O)C[C@H]12. The minimum Gasteiger partial charge on any atom is -0.481 e. The Hall–Kier alpha value is -1.63. The highest BCUT2D eigenvalue weighted by atomic mass is 32.3. The van der Waals surface area contributed by atoms with Crippen LogP contribution in [0.25, 0.3) is 0 Å². The molecule has 0 radical (unpaired) electrons. The molecule has 0 aliphatic carbocycles. The summed E-state index contributed by atoms with van der Waals surface area (Å²) in [5.74, 6) is -4.44. The molecular weight excluding hydrogens is 354 g/mol. The van der Waals surface area contributed by atoms with Gasteiger partial charge in [-0.05, 0) is 6.92 Å². The molecule has 0 spiro atoms. The Bertz CT molecular complexity index is 698. The van der Waals surface area contributed by atoms with E-state index in [-0.39, 0.29) is 22.8 Å². The van der Waals surface area contributed by atoms with Crippen molar-refractivity contribution in [2.24, 2.45) is 5.92 Å². The van der Waals surface area contributed by atoms with Crippen LogP contribution in [0.5, 0.6) is 0 Å². The predicted octanol–water partition coefficient (Wildman–Crippen LogP) is -0.461. The largest absolute Gasteiger partial charge is 0.481 e. The van der Waals surface area contributed by atoms with Gasteiger partial charge in [-0.1, -0.05) is 0 Å². The second-order valence-corrected chi connectivity index (χ2v) is 7.11. The Kier molecular flexibility index (Phi) is 4.71. The number of nitrogens with zero attached hydrogens (tertiary/aromatic N) is 1. The number of fused-ring (bicyclic) bond motifs is 1. The fourth-order valence-electron chi connectivity index (χ4n) is 2.75. The lowest BCUT2D eigenvalue weighted by Gasteiger charge is -2.45. The molecule has 1 amide bonds. The standard InChI is InChI=1S/C11H13NO9S2/c1-4(21-23(18,19)20)8-5-2-6(22-3-7(13)14)9(11(16)17)12(5)10(8)15/h4-5,8H,2-3H2,1H3,(H,13,14)(H,16,17)(H,18,19,20)/t4-,5+,8-/m0/s1. The van der Waals surface area contributed by atoms with Crippen LogP contribution >= 0.6 is 11.8 Å². The molecular formula is C11H13NO9S2. The molecule has 2 heterocycles. The lowest BCUT2D eigenvalue weighted by atomic mass is 9.83. The zero-order valence-corrected chi connectivity index (χ0v) is 13.3. The summed E-state index contributed by atoms with van der Waals surface area (Å²) < 4.78 is 34.5. The maximum atomic E-state index is 12.1. The molecule has 1 saturated heterocycles. The minimum atomic E-state index is -4.75. The van der Waals surface area contributed by atoms with Gasteiger partial charge in [0, 0.05) is 11.3 Å². The predicted molar refractivity (Wildman–Crippen MR) is 75.6 cm³/mol. The van der Waals surface area contributed by atoms with E-state index in [9.17, 15) is 27.9 Å². The fraction of sp³-hybridized carbons (Fsp3) is 0.545. The van der Waals surface area contributed by atoms with Crippen LogP contribution in [0, 0.1) is 5.92 Å². The highest BCUT2D eigenvalue weighted by Gasteiger charge is 2.57. The number of carbonyl (C=O) groups excluding carboxylic acids is 1. The molecule has 10 nitrogen and oxygen atoms in total. The number of thioether (sulfide) groups is 1. The molecule has 2 aliphatic rings. The molecule has 128 valence electrons. The van der Waals surface area contributed by atoms with Crippen LogP contribution < -0.4 is 0 Å². The molecule has 0 aromatic carbocycles. The van der Waals surface area contributed by atoms with Crippen molar-refractivity contribution in [1.82, 2.24) is 4.90 Å². The van der Waals surface area contributed by atoms with Crippen molar-refractivity contribution in [3.05, 3.63) is 10.6 Å². The average Bonchev–Trinajstić information content (AvgIpc) is 2.68. The van der Waals surface area contributed by atoms with Gasteiger partial charge in [0.05, 0.1) is 23.8 Å². The van der Waals surface area contributed by atoms with Gasteiger partial charge in [0.2, 0.25) is 5.91 Å². The van der Waals surface area contributed by atoms with Crippen LogP contribution in [-0.2, 0) is 29.0 Å². The summed E-state index contributed by atoms with van der Waals surface area (Å²) in [5, 5.41) is 17.9. The Morgan fingerprint density at radius 2 is 2.04 bits per heavy atom. The van der Waals surface area contributed by atoms with Gasteiger partial charge < -0.3 is 15.1 Å². The summed E-state index contributed by atoms with van der Waals surface area (Å²) in [6, 6.07) is -0.637. The lowest BCUT2D eigenvalue weighted by molar-refractivity contribution is -0.160. The number of aliphatic carboxylic acids is 2. The van der Waals surface area contributed by atoms with E-state index < -0.39 is 46.3 Å². The Balaban J connectivity index is 2.18. The first-order valence-corrected chi connectivity index (χ1v) is 8.67. The zero-order valence-electron chi connectivity index (χ0n) is 11.7. The van der Waals surface area contributed by atoms with Gasteiger partial charge in [-0.25, -0.2) is 8.98 Å². The normalized spacial score (nSPS) is 25.1. The highest BCUT2D eigenvalue weighted by molar-refractivity contribution is 8.03. The van der Waals surface area contributed by atoms with Crippen LogP contribution in [0.3, 0.4) is 0 Å². The molecule has 0 bridgehead atoms. The van der Waals surface area contributed by atoms with Crippen molar-refractivity contribution in [1.29, 1.82) is 0 Å². The molecule has 3 atom stereocenters. The maximum Gasteiger partial charge on any atom is 0.397 e. The minimum absolute atomic E-state index is 0.0924. The quantitative estimate of drug-likeness (QED) is 0.397. The maximum absolute atomic E-state index is 12.1. The van der Waals surface area contributed by atoms with Crippen molar-refractivity contribution in [3.8, 4) is 0 Å². The molecule has 0 aromatic heterocycles. The topological polar surface area (TPSA) is 159 Å². The van der Waals surface area contributed by atoms with E-state index in [1.54, 1.807) is 0 Å². The third kappa shape index (κ3) is 3.49. The third-order valence-electron chi connectivity index (χ3n) is 3.52. The number of hydrogen-bond donors (Lipinski definition) is 3. The molecule has 12 heteroatoms.